The fourth-order valence-corrected chi connectivity index (χ4v) is 6.26. The van der Waals surface area contributed by atoms with Gasteiger partial charge >= 0.3 is 0 Å². The van der Waals surface area contributed by atoms with Gasteiger partial charge in [0.15, 0.2) is 5.82 Å². The molecule has 0 bridgehead atoms. The lowest BCUT2D eigenvalue weighted by Crippen LogP contribution is -2.51. The molecular formula is C35H33N9O2. The number of carbonyl (C=O) groups excluding carboxylic acids is 2. The van der Waals surface area contributed by atoms with Crippen LogP contribution in [0.25, 0.3) is 33.5 Å². The number of nitriles is 1. The second-order valence-corrected chi connectivity index (χ2v) is 11.7. The van der Waals surface area contributed by atoms with Crippen molar-refractivity contribution in [2.75, 3.05) is 56.0 Å². The van der Waals surface area contributed by atoms with Gasteiger partial charge in [0.2, 0.25) is 11.8 Å². The van der Waals surface area contributed by atoms with E-state index in [1.165, 1.54) is 0 Å². The second-order valence-electron chi connectivity index (χ2n) is 11.7. The molecule has 0 saturated carbocycles. The predicted octanol–water partition coefficient (Wildman–Crippen LogP) is 4.17. The Balaban J connectivity index is 0.905. The molecule has 2 amide bonds. The Labute approximate surface area is 266 Å². The third kappa shape index (κ3) is 6.16. The van der Waals surface area contributed by atoms with Crippen LogP contribution in [-0.2, 0) is 9.59 Å². The minimum atomic E-state index is -0.194. The van der Waals surface area contributed by atoms with Crippen molar-refractivity contribution in [1.29, 1.82) is 5.26 Å². The van der Waals surface area contributed by atoms with E-state index in [2.05, 4.69) is 53.5 Å². The van der Waals surface area contributed by atoms with Gasteiger partial charge in [0, 0.05) is 73.0 Å². The van der Waals surface area contributed by atoms with Gasteiger partial charge in [-0.3, -0.25) is 19.6 Å². The zero-order valence-electron chi connectivity index (χ0n) is 25.3. The third-order valence-electron chi connectivity index (χ3n) is 8.79. The number of H-pyrrole nitrogens is 1. The topological polar surface area (TPSA) is 134 Å². The van der Waals surface area contributed by atoms with Gasteiger partial charge < -0.3 is 15.1 Å². The lowest BCUT2D eigenvalue weighted by Gasteiger charge is -2.36. The first-order valence-corrected chi connectivity index (χ1v) is 15.5. The molecule has 1 atom stereocenters. The predicted molar refractivity (Wildman–Crippen MR) is 176 cm³/mol. The Kier molecular flexibility index (Phi) is 8.10. The molecule has 3 aromatic carbocycles. The van der Waals surface area contributed by atoms with Gasteiger partial charge in [-0.25, -0.2) is 9.97 Å². The minimum Gasteiger partial charge on any atom is -0.368 e. The number of piperazine rings is 1. The lowest BCUT2D eigenvalue weighted by atomic mass is 10.0. The largest absolute Gasteiger partial charge is 0.368 e. The molecule has 2 saturated heterocycles. The van der Waals surface area contributed by atoms with Crippen LogP contribution in [-0.4, -0.2) is 87.6 Å². The maximum Gasteiger partial charge on any atom is 0.236 e. The molecule has 2 N–H and O–H groups in total. The number of amides is 2. The highest BCUT2D eigenvalue weighted by Gasteiger charge is 2.31. The Morgan fingerprint density at radius 2 is 1.72 bits per heavy atom. The number of anilines is 2. The van der Waals surface area contributed by atoms with Crippen molar-refractivity contribution in [3.05, 3.63) is 90.8 Å². The standard InChI is InChI=1S/C35H33N9O2/c36-21-24-3-1-4-26(19-24)33-30-20-28(7-10-31(30)40-41-33)39-35(46)27-11-14-42(22-27)23-32(45)44-17-15-43(16-18-44)29-8-5-25(6-9-29)34-37-12-2-13-38-34/h1-10,12-13,19-20,27H,11,14-18,22-23H2,(H,39,46)(H,40,41)/t27-/m1/s1. The number of hydrogen-bond donors (Lipinski definition) is 2. The molecule has 11 nitrogen and oxygen atoms in total. The van der Waals surface area contributed by atoms with Gasteiger partial charge in [0.25, 0.3) is 0 Å². The van der Waals surface area contributed by atoms with Crippen LogP contribution >= 0.6 is 0 Å². The van der Waals surface area contributed by atoms with E-state index in [0.717, 1.165) is 46.5 Å². The SMILES string of the molecule is N#Cc1cccc(-c2n[nH]c3ccc(NC(=O)[C@@H]4CCN(CC(=O)N5CCN(c6ccc(-c7ncccn7)cc6)CC5)C4)cc23)c1. The van der Waals surface area contributed by atoms with E-state index in [4.69, 9.17) is 0 Å². The monoisotopic (exact) mass is 611 g/mol. The van der Waals surface area contributed by atoms with Crippen LogP contribution < -0.4 is 10.2 Å². The van der Waals surface area contributed by atoms with E-state index < -0.39 is 0 Å². The summed E-state index contributed by atoms with van der Waals surface area (Å²) in [5.74, 6) is 0.566. The van der Waals surface area contributed by atoms with E-state index in [-0.39, 0.29) is 17.7 Å². The molecule has 2 fully saturated rings. The molecular weight excluding hydrogens is 578 g/mol. The maximum atomic E-state index is 13.2. The molecule has 2 aromatic heterocycles. The summed E-state index contributed by atoms with van der Waals surface area (Å²) in [5.41, 5.74) is 5.75. The minimum absolute atomic E-state index is 0.0516. The lowest BCUT2D eigenvalue weighted by molar-refractivity contribution is -0.132. The highest BCUT2D eigenvalue weighted by atomic mass is 16.2. The first-order chi connectivity index (χ1) is 22.5. The molecule has 2 aliphatic heterocycles. The Morgan fingerprint density at radius 3 is 2.50 bits per heavy atom. The van der Waals surface area contributed by atoms with Crippen molar-refractivity contribution in [1.82, 2.24) is 30.0 Å². The van der Waals surface area contributed by atoms with Crippen LogP contribution in [0, 0.1) is 17.2 Å². The van der Waals surface area contributed by atoms with Gasteiger partial charge in [0.1, 0.15) is 5.69 Å². The summed E-state index contributed by atoms with van der Waals surface area (Å²) in [6, 6.07) is 25.2. The van der Waals surface area contributed by atoms with E-state index in [9.17, 15) is 14.9 Å². The van der Waals surface area contributed by atoms with Crippen molar-refractivity contribution >= 4 is 34.1 Å². The number of hydrogen-bond acceptors (Lipinski definition) is 8. The molecule has 11 heteroatoms. The van der Waals surface area contributed by atoms with E-state index >= 15 is 0 Å². The first-order valence-electron chi connectivity index (χ1n) is 15.5. The van der Waals surface area contributed by atoms with E-state index in [1.54, 1.807) is 30.6 Å². The van der Waals surface area contributed by atoms with Crippen molar-refractivity contribution < 1.29 is 9.59 Å². The average molecular weight is 612 g/mol. The summed E-state index contributed by atoms with van der Waals surface area (Å²) >= 11 is 0. The molecule has 4 heterocycles. The smallest absolute Gasteiger partial charge is 0.236 e. The van der Waals surface area contributed by atoms with Crippen molar-refractivity contribution in [3.63, 3.8) is 0 Å². The van der Waals surface area contributed by atoms with Crippen LogP contribution in [0.3, 0.4) is 0 Å². The number of rotatable bonds is 7. The third-order valence-corrected chi connectivity index (χ3v) is 8.79. The van der Waals surface area contributed by atoms with Gasteiger partial charge in [-0.15, -0.1) is 0 Å². The number of aromatic amines is 1. The molecule has 5 aromatic rings. The molecule has 0 spiro atoms. The zero-order valence-corrected chi connectivity index (χ0v) is 25.3. The van der Waals surface area contributed by atoms with Gasteiger partial charge in [-0.05, 0) is 73.6 Å². The number of likely N-dealkylation sites (tertiary alicyclic amines) is 1. The molecule has 46 heavy (non-hydrogen) atoms. The number of fused-ring (bicyclic) bond motifs is 1. The summed E-state index contributed by atoms with van der Waals surface area (Å²) < 4.78 is 0. The Morgan fingerprint density at radius 1 is 0.913 bits per heavy atom. The molecule has 2 aliphatic rings. The zero-order chi connectivity index (χ0) is 31.5. The fraction of sp³-hybridized carbons (Fsp3) is 0.257. The van der Waals surface area contributed by atoms with Crippen molar-refractivity contribution in [2.24, 2.45) is 5.92 Å². The molecule has 0 radical (unpaired) electrons. The summed E-state index contributed by atoms with van der Waals surface area (Å²) in [6.45, 7) is 4.45. The quantitative estimate of drug-likeness (QED) is 0.280. The Bertz CT molecular complexity index is 1910. The Hall–Kier alpha value is -5.60. The van der Waals surface area contributed by atoms with E-state index in [1.807, 2.05) is 47.4 Å². The number of benzene rings is 3. The summed E-state index contributed by atoms with van der Waals surface area (Å²) in [4.78, 5) is 41.3. The van der Waals surface area contributed by atoms with Gasteiger partial charge in [-0.1, -0.05) is 12.1 Å². The molecule has 0 unspecified atom stereocenters. The molecule has 7 rings (SSSR count). The molecule has 230 valence electrons. The first kappa shape index (κ1) is 29.1. The number of nitrogens with zero attached hydrogens (tertiary/aromatic N) is 7. The normalized spacial score (nSPS) is 16.8. The van der Waals surface area contributed by atoms with Gasteiger partial charge in [0.05, 0.1) is 29.6 Å². The average Bonchev–Trinajstić information content (AvgIpc) is 3.76. The highest BCUT2D eigenvalue weighted by molar-refractivity contribution is 5.99. The highest BCUT2D eigenvalue weighted by Crippen LogP contribution is 2.30. The summed E-state index contributed by atoms with van der Waals surface area (Å²) in [6.07, 6.45) is 4.18. The van der Waals surface area contributed by atoms with Crippen LogP contribution in [0.5, 0.6) is 0 Å². The maximum absolute atomic E-state index is 13.2. The fourth-order valence-electron chi connectivity index (χ4n) is 6.26. The van der Waals surface area contributed by atoms with Crippen molar-refractivity contribution in [2.45, 2.75) is 6.42 Å². The summed E-state index contributed by atoms with van der Waals surface area (Å²) in [7, 11) is 0. The second kappa shape index (κ2) is 12.8. The van der Waals surface area contributed by atoms with Gasteiger partial charge in [-0.2, -0.15) is 10.4 Å². The van der Waals surface area contributed by atoms with Crippen molar-refractivity contribution in [3.8, 4) is 28.7 Å². The molecule has 0 aliphatic carbocycles. The number of carbonyl (C=O) groups is 2. The number of nitrogens with one attached hydrogen (secondary N) is 2. The van der Waals surface area contributed by atoms with E-state index in [0.29, 0.717) is 56.2 Å². The van der Waals surface area contributed by atoms with Crippen LogP contribution in [0.4, 0.5) is 11.4 Å². The summed E-state index contributed by atoms with van der Waals surface area (Å²) in [5, 5.41) is 20.7. The van der Waals surface area contributed by atoms with Crippen LogP contribution in [0.2, 0.25) is 0 Å². The van der Waals surface area contributed by atoms with Crippen LogP contribution in [0.1, 0.15) is 12.0 Å². The number of aromatic nitrogens is 4. The van der Waals surface area contributed by atoms with Crippen LogP contribution in [0.15, 0.2) is 85.2 Å².